The topological polar surface area (TPSA) is 69.9 Å². The number of imidazole rings is 1. The van der Waals surface area contributed by atoms with E-state index >= 15 is 0 Å². The summed E-state index contributed by atoms with van der Waals surface area (Å²) < 4.78 is 17.7. The molecule has 0 saturated carbocycles. The standard InChI is InChI=1S/C20H20N4O3S/c1-25-15-7-4-13(5-8-15)11-21-19-23-24-16(12-22-20(24)28-19)14-6-9-17(26-2)18(10-14)27-3/h4-10,12H,11H2,1-3H3,(H,21,23). The molecule has 0 radical (unpaired) electrons. The zero-order chi connectivity index (χ0) is 19.5. The van der Waals surface area contributed by atoms with Crippen molar-refractivity contribution in [1.82, 2.24) is 14.6 Å². The van der Waals surface area contributed by atoms with Gasteiger partial charge >= 0.3 is 0 Å². The maximum atomic E-state index is 5.40. The molecule has 0 aliphatic carbocycles. The molecule has 144 valence electrons. The summed E-state index contributed by atoms with van der Waals surface area (Å²) in [6.07, 6.45) is 1.81. The van der Waals surface area contributed by atoms with Crippen molar-refractivity contribution in [1.29, 1.82) is 0 Å². The molecule has 8 heteroatoms. The van der Waals surface area contributed by atoms with E-state index < -0.39 is 0 Å². The number of benzene rings is 2. The van der Waals surface area contributed by atoms with Gasteiger partial charge in [0, 0.05) is 12.1 Å². The zero-order valence-corrected chi connectivity index (χ0v) is 16.6. The molecule has 2 aromatic heterocycles. The van der Waals surface area contributed by atoms with Gasteiger partial charge in [-0.1, -0.05) is 23.5 Å². The lowest BCUT2D eigenvalue weighted by Crippen LogP contribution is -2.00. The average Bonchev–Trinajstić information content (AvgIpc) is 3.32. The van der Waals surface area contributed by atoms with Gasteiger partial charge in [-0.05, 0) is 35.9 Å². The molecule has 4 rings (SSSR count). The number of methoxy groups -OCH3 is 3. The van der Waals surface area contributed by atoms with Gasteiger partial charge in [-0.2, -0.15) is 0 Å². The second-order valence-corrected chi connectivity index (χ2v) is 6.97. The van der Waals surface area contributed by atoms with E-state index in [-0.39, 0.29) is 0 Å². The Kier molecular flexibility index (Phi) is 5.03. The summed E-state index contributed by atoms with van der Waals surface area (Å²) in [5.74, 6) is 2.20. The van der Waals surface area contributed by atoms with Gasteiger partial charge in [0.05, 0.1) is 33.2 Å². The molecule has 0 bridgehead atoms. The predicted octanol–water partition coefficient (Wildman–Crippen LogP) is 4.10. The first-order valence-electron chi connectivity index (χ1n) is 8.65. The van der Waals surface area contributed by atoms with Crippen molar-refractivity contribution in [2.24, 2.45) is 0 Å². The molecule has 0 spiro atoms. The predicted molar refractivity (Wildman–Crippen MR) is 110 cm³/mol. The monoisotopic (exact) mass is 396 g/mol. The van der Waals surface area contributed by atoms with E-state index in [1.807, 2.05) is 53.2 Å². The normalized spacial score (nSPS) is 10.8. The lowest BCUT2D eigenvalue weighted by molar-refractivity contribution is 0.355. The van der Waals surface area contributed by atoms with Crippen LogP contribution in [-0.4, -0.2) is 35.9 Å². The Balaban J connectivity index is 1.56. The van der Waals surface area contributed by atoms with E-state index in [0.717, 1.165) is 32.7 Å². The molecular weight excluding hydrogens is 376 g/mol. The first-order chi connectivity index (χ1) is 13.7. The highest BCUT2D eigenvalue weighted by Crippen LogP contribution is 2.33. The van der Waals surface area contributed by atoms with Gasteiger partial charge in [-0.25, -0.2) is 9.50 Å². The summed E-state index contributed by atoms with van der Waals surface area (Å²) in [5.41, 5.74) is 3.00. The van der Waals surface area contributed by atoms with Crippen LogP contribution in [0, 0.1) is 0 Å². The van der Waals surface area contributed by atoms with Gasteiger partial charge < -0.3 is 19.5 Å². The van der Waals surface area contributed by atoms with E-state index in [9.17, 15) is 0 Å². The Morgan fingerprint density at radius 1 is 0.964 bits per heavy atom. The third kappa shape index (κ3) is 3.46. The minimum atomic E-state index is 0.669. The van der Waals surface area contributed by atoms with Gasteiger partial charge in [0.2, 0.25) is 10.1 Å². The van der Waals surface area contributed by atoms with Crippen LogP contribution < -0.4 is 19.5 Å². The largest absolute Gasteiger partial charge is 0.497 e. The Morgan fingerprint density at radius 2 is 1.75 bits per heavy atom. The van der Waals surface area contributed by atoms with Crippen molar-refractivity contribution >= 4 is 21.4 Å². The number of ether oxygens (including phenoxy) is 3. The number of hydrogen-bond donors (Lipinski definition) is 1. The highest BCUT2D eigenvalue weighted by molar-refractivity contribution is 7.20. The van der Waals surface area contributed by atoms with Crippen LogP contribution in [0.5, 0.6) is 17.2 Å². The molecule has 0 atom stereocenters. The Labute approximate surface area is 166 Å². The maximum Gasteiger partial charge on any atom is 0.214 e. The van der Waals surface area contributed by atoms with Gasteiger partial charge in [-0.3, -0.25) is 0 Å². The fourth-order valence-corrected chi connectivity index (χ4v) is 3.65. The maximum absolute atomic E-state index is 5.40. The summed E-state index contributed by atoms with van der Waals surface area (Å²) in [6.45, 7) is 0.673. The zero-order valence-electron chi connectivity index (χ0n) is 15.8. The van der Waals surface area contributed by atoms with Gasteiger partial charge in [0.25, 0.3) is 0 Å². The number of hydrogen-bond acceptors (Lipinski definition) is 7. The van der Waals surface area contributed by atoms with Crippen molar-refractivity contribution < 1.29 is 14.2 Å². The molecule has 2 heterocycles. The molecule has 7 nitrogen and oxygen atoms in total. The smallest absolute Gasteiger partial charge is 0.214 e. The first-order valence-corrected chi connectivity index (χ1v) is 9.47. The molecule has 1 N–H and O–H groups in total. The minimum Gasteiger partial charge on any atom is -0.497 e. The molecule has 0 unspecified atom stereocenters. The quantitative estimate of drug-likeness (QED) is 0.507. The molecule has 2 aromatic carbocycles. The van der Waals surface area contributed by atoms with E-state index in [0.29, 0.717) is 18.0 Å². The number of nitrogens with zero attached hydrogens (tertiary/aromatic N) is 3. The van der Waals surface area contributed by atoms with E-state index in [1.54, 1.807) is 21.3 Å². The Morgan fingerprint density at radius 3 is 2.46 bits per heavy atom. The van der Waals surface area contributed by atoms with Crippen LogP contribution in [-0.2, 0) is 6.54 Å². The lowest BCUT2D eigenvalue weighted by atomic mass is 10.1. The summed E-state index contributed by atoms with van der Waals surface area (Å²) in [7, 11) is 4.90. The summed E-state index contributed by atoms with van der Waals surface area (Å²) in [4.78, 5) is 5.30. The van der Waals surface area contributed by atoms with Crippen LogP contribution in [0.4, 0.5) is 5.13 Å². The van der Waals surface area contributed by atoms with Crippen molar-refractivity contribution in [2.75, 3.05) is 26.6 Å². The Hall–Kier alpha value is -3.26. The van der Waals surface area contributed by atoms with Gasteiger partial charge in [0.1, 0.15) is 5.75 Å². The number of aromatic nitrogens is 3. The second kappa shape index (κ2) is 7.77. The minimum absolute atomic E-state index is 0.669. The number of fused-ring (bicyclic) bond motifs is 1. The van der Waals surface area contributed by atoms with Crippen molar-refractivity contribution in [2.45, 2.75) is 6.54 Å². The molecule has 4 aromatic rings. The highest BCUT2D eigenvalue weighted by Gasteiger charge is 2.14. The highest BCUT2D eigenvalue weighted by atomic mass is 32.1. The molecule has 0 saturated heterocycles. The van der Waals surface area contributed by atoms with Crippen LogP contribution in [0.25, 0.3) is 16.2 Å². The van der Waals surface area contributed by atoms with Crippen LogP contribution >= 0.6 is 11.3 Å². The van der Waals surface area contributed by atoms with E-state index in [1.165, 1.54) is 11.3 Å². The number of nitrogens with one attached hydrogen (secondary N) is 1. The Bertz CT molecular complexity index is 1090. The van der Waals surface area contributed by atoms with Crippen molar-refractivity contribution in [3.05, 3.63) is 54.2 Å². The van der Waals surface area contributed by atoms with Crippen molar-refractivity contribution in [3.63, 3.8) is 0 Å². The average molecular weight is 396 g/mol. The van der Waals surface area contributed by atoms with Crippen LogP contribution in [0.15, 0.2) is 48.7 Å². The summed E-state index contributed by atoms with van der Waals surface area (Å²) in [5, 5.41) is 8.82. The molecule has 0 aliphatic rings. The summed E-state index contributed by atoms with van der Waals surface area (Å²) in [6, 6.07) is 13.7. The molecule has 0 amide bonds. The lowest BCUT2D eigenvalue weighted by Gasteiger charge is -2.08. The SMILES string of the molecule is COc1ccc(CNc2nn3c(-c4ccc(OC)c(OC)c4)cnc3s2)cc1. The molecule has 28 heavy (non-hydrogen) atoms. The third-order valence-corrected chi connectivity index (χ3v) is 5.25. The molecule has 0 fully saturated rings. The molecule has 0 aliphatic heterocycles. The molecular formula is C20H20N4O3S. The van der Waals surface area contributed by atoms with Crippen LogP contribution in [0.1, 0.15) is 5.56 Å². The van der Waals surface area contributed by atoms with Gasteiger partial charge in [0.15, 0.2) is 11.5 Å². The second-order valence-electron chi connectivity index (χ2n) is 6.02. The van der Waals surface area contributed by atoms with Crippen molar-refractivity contribution in [3.8, 4) is 28.5 Å². The van der Waals surface area contributed by atoms with E-state index in [4.69, 9.17) is 14.2 Å². The summed E-state index contributed by atoms with van der Waals surface area (Å²) >= 11 is 1.51. The first kappa shape index (κ1) is 18.1. The van der Waals surface area contributed by atoms with Crippen LogP contribution in [0.3, 0.4) is 0 Å². The van der Waals surface area contributed by atoms with Gasteiger partial charge in [-0.15, -0.1) is 5.10 Å². The fraction of sp³-hybridized carbons (Fsp3) is 0.200. The number of rotatable bonds is 7. The van der Waals surface area contributed by atoms with Crippen LogP contribution in [0.2, 0.25) is 0 Å². The van der Waals surface area contributed by atoms with E-state index in [2.05, 4.69) is 15.4 Å². The fourth-order valence-electron chi connectivity index (χ4n) is 2.88. The third-order valence-electron chi connectivity index (χ3n) is 4.37. The number of anilines is 1.